The standard InChI is InChI=1S/C19H23N3O2/c1-11-9-20-16(12-5-6-12)17(22(11)19(23)13-7-8-13)14-3-2-4-15-18(14)24-10-21-15/h2-4,10-13,16-17,20H,5-9H2,1H3. The molecule has 3 aliphatic rings. The molecule has 5 nitrogen and oxygen atoms in total. The van der Waals surface area contributed by atoms with Gasteiger partial charge in [-0.1, -0.05) is 12.1 Å². The number of hydrogen-bond donors (Lipinski definition) is 1. The van der Waals surface area contributed by atoms with Crippen LogP contribution in [0.25, 0.3) is 11.1 Å². The molecule has 2 heterocycles. The number of oxazole rings is 1. The number of nitrogens with one attached hydrogen (secondary N) is 1. The minimum absolute atomic E-state index is 0.0472. The van der Waals surface area contributed by atoms with Gasteiger partial charge in [-0.2, -0.15) is 0 Å². The molecule has 126 valence electrons. The van der Waals surface area contributed by atoms with Gasteiger partial charge in [0.15, 0.2) is 12.0 Å². The van der Waals surface area contributed by atoms with E-state index in [1.807, 2.05) is 12.1 Å². The lowest BCUT2D eigenvalue weighted by Crippen LogP contribution is -2.60. The number of benzene rings is 1. The number of aromatic nitrogens is 1. The van der Waals surface area contributed by atoms with Crippen LogP contribution in [0.5, 0.6) is 0 Å². The first kappa shape index (κ1) is 14.5. The number of piperazine rings is 1. The van der Waals surface area contributed by atoms with Crippen LogP contribution < -0.4 is 5.32 Å². The zero-order chi connectivity index (χ0) is 16.3. The molecule has 1 saturated heterocycles. The molecule has 5 heteroatoms. The van der Waals surface area contributed by atoms with Crippen LogP contribution in [-0.4, -0.2) is 34.4 Å². The summed E-state index contributed by atoms with van der Waals surface area (Å²) in [7, 11) is 0. The third kappa shape index (κ3) is 2.25. The van der Waals surface area contributed by atoms with Crippen LogP contribution in [0.1, 0.15) is 44.2 Å². The summed E-state index contributed by atoms with van der Waals surface area (Å²) in [6.45, 7) is 3.03. The second-order valence-electron chi connectivity index (χ2n) is 7.63. The Hall–Kier alpha value is -1.88. The third-order valence-electron chi connectivity index (χ3n) is 5.78. The Labute approximate surface area is 141 Å². The van der Waals surface area contributed by atoms with E-state index in [1.54, 1.807) is 0 Å². The molecule has 0 radical (unpaired) electrons. The van der Waals surface area contributed by atoms with Crippen molar-refractivity contribution < 1.29 is 9.21 Å². The number of hydrogen-bond acceptors (Lipinski definition) is 4. The lowest BCUT2D eigenvalue weighted by Gasteiger charge is -2.46. The van der Waals surface area contributed by atoms with E-state index in [0.29, 0.717) is 17.9 Å². The van der Waals surface area contributed by atoms with E-state index >= 15 is 0 Å². The van der Waals surface area contributed by atoms with Gasteiger partial charge in [0, 0.05) is 30.1 Å². The van der Waals surface area contributed by atoms with Crippen molar-refractivity contribution in [2.75, 3.05) is 6.54 Å². The van der Waals surface area contributed by atoms with Gasteiger partial charge in [0.05, 0.1) is 6.04 Å². The molecular weight excluding hydrogens is 302 g/mol. The predicted octanol–water partition coefficient (Wildman–Crippen LogP) is 2.88. The highest BCUT2D eigenvalue weighted by Gasteiger charge is 2.48. The molecule has 3 atom stereocenters. The second-order valence-corrected chi connectivity index (χ2v) is 7.63. The maximum absolute atomic E-state index is 13.1. The highest BCUT2D eigenvalue weighted by Crippen LogP contribution is 2.46. The van der Waals surface area contributed by atoms with Crippen LogP contribution in [0.15, 0.2) is 29.0 Å². The second kappa shape index (κ2) is 5.31. The smallest absolute Gasteiger partial charge is 0.226 e. The Kier molecular flexibility index (Phi) is 3.20. The van der Waals surface area contributed by atoms with Gasteiger partial charge in [-0.25, -0.2) is 4.98 Å². The molecule has 3 unspecified atom stereocenters. The average molecular weight is 325 g/mol. The van der Waals surface area contributed by atoms with E-state index in [1.165, 1.54) is 19.2 Å². The molecule has 1 aromatic heterocycles. The van der Waals surface area contributed by atoms with Crippen LogP contribution in [0.4, 0.5) is 0 Å². The van der Waals surface area contributed by atoms with Gasteiger partial charge in [-0.05, 0) is 44.6 Å². The van der Waals surface area contributed by atoms with Crippen LogP contribution in [0.2, 0.25) is 0 Å². The van der Waals surface area contributed by atoms with Gasteiger partial charge < -0.3 is 14.6 Å². The van der Waals surface area contributed by atoms with Crippen molar-refractivity contribution in [3.05, 3.63) is 30.2 Å². The van der Waals surface area contributed by atoms with Crippen molar-refractivity contribution in [2.24, 2.45) is 11.8 Å². The summed E-state index contributed by atoms with van der Waals surface area (Å²) in [5.74, 6) is 1.23. The van der Waals surface area contributed by atoms with Gasteiger partial charge in [-0.3, -0.25) is 4.79 Å². The van der Waals surface area contributed by atoms with E-state index in [0.717, 1.165) is 36.0 Å². The SMILES string of the molecule is CC1CNC(C2CC2)C(c2cccc3ncoc23)N1C(=O)C1CC1. The topological polar surface area (TPSA) is 58.4 Å². The fourth-order valence-electron chi connectivity index (χ4n) is 4.22. The van der Waals surface area contributed by atoms with Crippen molar-refractivity contribution in [2.45, 2.75) is 50.7 Å². The summed E-state index contributed by atoms with van der Waals surface area (Å²) in [6.07, 6.45) is 6.10. The first-order valence-electron chi connectivity index (χ1n) is 9.11. The van der Waals surface area contributed by atoms with Gasteiger partial charge >= 0.3 is 0 Å². The predicted molar refractivity (Wildman–Crippen MR) is 90.3 cm³/mol. The summed E-state index contributed by atoms with van der Waals surface area (Å²) in [5, 5.41) is 3.72. The number of amides is 1. The summed E-state index contributed by atoms with van der Waals surface area (Å²) >= 11 is 0. The van der Waals surface area contributed by atoms with Gasteiger partial charge in [0.1, 0.15) is 5.52 Å². The van der Waals surface area contributed by atoms with E-state index < -0.39 is 0 Å². The molecule has 0 spiro atoms. The summed E-state index contributed by atoms with van der Waals surface area (Å²) in [6, 6.07) is 6.69. The zero-order valence-corrected chi connectivity index (χ0v) is 13.9. The minimum atomic E-state index is 0.0472. The summed E-state index contributed by atoms with van der Waals surface area (Å²) in [4.78, 5) is 19.5. The molecule has 1 N–H and O–H groups in total. The quantitative estimate of drug-likeness (QED) is 0.943. The highest BCUT2D eigenvalue weighted by molar-refractivity contribution is 5.83. The number of para-hydroxylation sites is 1. The first-order valence-corrected chi connectivity index (χ1v) is 9.11. The molecule has 3 fully saturated rings. The Morgan fingerprint density at radius 2 is 2.12 bits per heavy atom. The van der Waals surface area contributed by atoms with E-state index in [2.05, 4.69) is 28.2 Å². The third-order valence-corrected chi connectivity index (χ3v) is 5.78. The fourth-order valence-corrected chi connectivity index (χ4v) is 4.22. The Bertz CT molecular complexity index is 778. The van der Waals surface area contributed by atoms with Crippen molar-refractivity contribution in [1.29, 1.82) is 0 Å². The molecule has 1 aliphatic heterocycles. The summed E-state index contributed by atoms with van der Waals surface area (Å²) < 4.78 is 5.71. The number of nitrogens with zero attached hydrogens (tertiary/aromatic N) is 2. The normalized spacial score (nSPS) is 30.7. The maximum Gasteiger partial charge on any atom is 0.226 e. The van der Waals surface area contributed by atoms with Crippen molar-refractivity contribution in [3.8, 4) is 0 Å². The van der Waals surface area contributed by atoms with Crippen LogP contribution in [-0.2, 0) is 4.79 Å². The van der Waals surface area contributed by atoms with Gasteiger partial charge in [-0.15, -0.1) is 0 Å². The molecule has 2 aliphatic carbocycles. The zero-order valence-electron chi connectivity index (χ0n) is 13.9. The number of fused-ring (bicyclic) bond motifs is 1. The van der Waals surface area contributed by atoms with E-state index in [4.69, 9.17) is 4.42 Å². The van der Waals surface area contributed by atoms with Crippen molar-refractivity contribution >= 4 is 17.0 Å². The van der Waals surface area contributed by atoms with Crippen LogP contribution in [0, 0.1) is 11.8 Å². The Morgan fingerprint density at radius 1 is 1.29 bits per heavy atom. The molecule has 1 aromatic carbocycles. The van der Waals surface area contributed by atoms with Gasteiger partial charge in [0.25, 0.3) is 0 Å². The minimum Gasteiger partial charge on any atom is -0.443 e. The largest absolute Gasteiger partial charge is 0.443 e. The molecule has 2 aromatic rings. The van der Waals surface area contributed by atoms with Crippen LogP contribution >= 0.6 is 0 Å². The van der Waals surface area contributed by atoms with E-state index in [9.17, 15) is 4.79 Å². The number of rotatable bonds is 3. The average Bonchev–Trinajstić information content (AvgIpc) is 3.50. The van der Waals surface area contributed by atoms with Gasteiger partial charge in [0.2, 0.25) is 5.91 Å². The highest BCUT2D eigenvalue weighted by atomic mass is 16.3. The Morgan fingerprint density at radius 3 is 2.88 bits per heavy atom. The molecule has 5 rings (SSSR count). The molecule has 0 bridgehead atoms. The van der Waals surface area contributed by atoms with Crippen molar-refractivity contribution in [3.63, 3.8) is 0 Å². The van der Waals surface area contributed by atoms with E-state index in [-0.39, 0.29) is 18.0 Å². The fraction of sp³-hybridized carbons (Fsp3) is 0.579. The number of carbonyl (C=O) groups excluding carboxylic acids is 1. The molecular formula is C19H23N3O2. The molecule has 24 heavy (non-hydrogen) atoms. The Balaban J connectivity index is 1.63. The monoisotopic (exact) mass is 325 g/mol. The number of carbonyl (C=O) groups is 1. The molecule has 2 saturated carbocycles. The lowest BCUT2D eigenvalue weighted by molar-refractivity contribution is -0.140. The van der Waals surface area contributed by atoms with Crippen molar-refractivity contribution in [1.82, 2.24) is 15.2 Å². The first-order chi connectivity index (χ1) is 11.7. The maximum atomic E-state index is 13.1. The lowest BCUT2D eigenvalue weighted by atomic mass is 9.89. The summed E-state index contributed by atoms with van der Waals surface area (Å²) in [5.41, 5.74) is 2.81. The molecule has 1 amide bonds. The van der Waals surface area contributed by atoms with Crippen LogP contribution in [0.3, 0.4) is 0 Å².